The van der Waals surface area contributed by atoms with Crippen LogP contribution in [0.5, 0.6) is 0 Å². The maximum atomic E-state index is 12.0. The molecule has 3 nitrogen and oxygen atoms in total. The summed E-state index contributed by atoms with van der Waals surface area (Å²) in [5.41, 5.74) is 3.50. The van der Waals surface area contributed by atoms with Gasteiger partial charge in [-0.05, 0) is 51.7 Å². The number of piperidine rings is 1. The van der Waals surface area contributed by atoms with Crippen LogP contribution in [0.1, 0.15) is 44.0 Å². The first-order chi connectivity index (χ1) is 9.58. The van der Waals surface area contributed by atoms with E-state index >= 15 is 0 Å². The van der Waals surface area contributed by atoms with Gasteiger partial charge in [0.05, 0.1) is 5.56 Å². The fourth-order valence-electron chi connectivity index (χ4n) is 2.53. The van der Waals surface area contributed by atoms with Crippen molar-refractivity contribution in [3.8, 4) is 0 Å². The Labute approximate surface area is 121 Å². The lowest BCUT2D eigenvalue weighted by Gasteiger charge is -2.31. The van der Waals surface area contributed by atoms with Crippen molar-refractivity contribution >= 4 is 5.97 Å². The summed E-state index contributed by atoms with van der Waals surface area (Å²) in [5.74, 6) is 0.370. The van der Waals surface area contributed by atoms with Crippen molar-refractivity contribution in [2.45, 2.75) is 33.6 Å². The standard InChI is InChI=1S/C17H23NO2/c1-13(2)14(3)15-9-11-18(12-10-15)20-17(19)16-7-5-4-6-8-16/h4-8,15H,9-12H2,1-3H3. The number of carbonyl (C=O) groups is 1. The molecule has 3 heteroatoms. The van der Waals surface area contributed by atoms with Crippen molar-refractivity contribution in [2.24, 2.45) is 5.92 Å². The summed E-state index contributed by atoms with van der Waals surface area (Å²) in [5, 5.41) is 1.80. The lowest BCUT2D eigenvalue weighted by Crippen LogP contribution is -2.36. The first-order valence-electron chi connectivity index (χ1n) is 7.24. The van der Waals surface area contributed by atoms with Crippen molar-refractivity contribution in [3.63, 3.8) is 0 Å². The van der Waals surface area contributed by atoms with Crippen LogP contribution in [0, 0.1) is 5.92 Å². The van der Waals surface area contributed by atoms with E-state index in [0.717, 1.165) is 25.9 Å². The van der Waals surface area contributed by atoms with Gasteiger partial charge in [-0.3, -0.25) is 0 Å². The van der Waals surface area contributed by atoms with E-state index in [-0.39, 0.29) is 5.97 Å². The number of allylic oxidation sites excluding steroid dienone is 2. The third-order valence-corrected chi connectivity index (χ3v) is 4.08. The molecule has 0 N–H and O–H groups in total. The quantitative estimate of drug-likeness (QED) is 0.784. The molecule has 1 aliphatic heterocycles. The van der Waals surface area contributed by atoms with Crippen LogP contribution in [0.25, 0.3) is 0 Å². The Morgan fingerprint density at radius 3 is 2.25 bits per heavy atom. The van der Waals surface area contributed by atoms with E-state index in [1.165, 1.54) is 11.1 Å². The summed E-state index contributed by atoms with van der Waals surface area (Å²) in [7, 11) is 0. The molecule has 0 aliphatic carbocycles. The molecule has 1 fully saturated rings. The van der Waals surface area contributed by atoms with Gasteiger partial charge >= 0.3 is 5.97 Å². The Hall–Kier alpha value is -1.61. The molecule has 20 heavy (non-hydrogen) atoms. The zero-order chi connectivity index (χ0) is 14.5. The normalized spacial score (nSPS) is 16.8. The Morgan fingerprint density at radius 2 is 1.70 bits per heavy atom. The highest BCUT2D eigenvalue weighted by atomic mass is 16.7. The van der Waals surface area contributed by atoms with Crippen LogP contribution in [0.4, 0.5) is 0 Å². The highest BCUT2D eigenvalue weighted by molar-refractivity contribution is 5.89. The average molecular weight is 273 g/mol. The molecule has 0 radical (unpaired) electrons. The van der Waals surface area contributed by atoms with E-state index < -0.39 is 0 Å². The second-order valence-electron chi connectivity index (χ2n) is 5.63. The van der Waals surface area contributed by atoms with Crippen LogP contribution in [0.3, 0.4) is 0 Å². The molecule has 0 unspecified atom stereocenters. The second-order valence-corrected chi connectivity index (χ2v) is 5.63. The number of hydroxylamine groups is 2. The van der Waals surface area contributed by atoms with Crippen LogP contribution in [0.2, 0.25) is 0 Å². The van der Waals surface area contributed by atoms with Crippen LogP contribution < -0.4 is 0 Å². The molecular weight excluding hydrogens is 250 g/mol. The van der Waals surface area contributed by atoms with Crippen molar-refractivity contribution in [1.82, 2.24) is 5.06 Å². The monoisotopic (exact) mass is 273 g/mol. The molecule has 0 saturated carbocycles. The predicted molar refractivity (Wildman–Crippen MR) is 80.2 cm³/mol. The summed E-state index contributed by atoms with van der Waals surface area (Å²) < 4.78 is 0. The smallest absolute Gasteiger partial charge is 0.357 e. The van der Waals surface area contributed by atoms with Gasteiger partial charge in [-0.2, -0.15) is 0 Å². The number of benzene rings is 1. The van der Waals surface area contributed by atoms with Gasteiger partial charge < -0.3 is 4.84 Å². The van der Waals surface area contributed by atoms with E-state index in [4.69, 9.17) is 4.84 Å². The zero-order valence-corrected chi connectivity index (χ0v) is 12.6. The topological polar surface area (TPSA) is 29.5 Å². The van der Waals surface area contributed by atoms with Crippen molar-refractivity contribution < 1.29 is 9.63 Å². The van der Waals surface area contributed by atoms with Crippen LogP contribution in [-0.4, -0.2) is 24.1 Å². The van der Waals surface area contributed by atoms with E-state index in [1.807, 2.05) is 18.2 Å². The minimum Gasteiger partial charge on any atom is -0.364 e. The first-order valence-corrected chi connectivity index (χ1v) is 7.24. The molecule has 2 rings (SSSR count). The Morgan fingerprint density at radius 1 is 1.10 bits per heavy atom. The maximum absolute atomic E-state index is 12.0. The third-order valence-electron chi connectivity index (χ3n) is 4.08. The average Bonchev–Trinajstić information content (AvgIpc) is 2.48. The molecule has 1 saturated heterocycles. The Bertz CT molecular complexity index is 481. The van der Waals surface area contributed by atoms with E-state index in [0.29, 0.717) is 11.5 Å². The highest BCUT2D eigenvalue weighted by Gasteiger charge is 2.23. The minimum absolute atomic E-state index is 0.261. The summed E-state index contributed by atoms with van der Waals surface area (Å²) in [6.07, 6.45) is 2.11. The summed E-state index contributed by atoms with van der Waals surface area (Å²) >= 11 is 0. The van der Waals surface area contributed by atoms with E-state index in [9.17, 15) is 4.79 Å². The van der Waals surface area contributed by atoms with Gasteiger partial charge in [0.25, 0.3) is 0 Å². The van der Waals surface area contributed by atoms with Gasteiger partial charge in [0.15, 0.2) is 0 Å². The molecule has 0 aromatic heterocycles. The maximum Gasteiger partial charge on any atom is 0.357 e. The zero-order valence-electron chi connectivity index (χ0n) is 12.6. The fourth-order valence-corrected chi connectivity index (χ4v) is 2.53. The summed E-state index contributed by atoms with van der Waals surface area (Å²) in [4.78, 5) is 17.4. The number of hydrogen-bond acceptors (Lipinski definition) is 3. The van der Waals surface area contributed by atoms with Crippen LogP contribution in [0.15, 0.2) is 41.5 Å². The van der Waals surface area contributed by atoms with Crippen molar-refractivity contribution in [1.29, 1.82) is 0 Å². The number of nitrogens with zero attached hydrogens (tertiary/aromatic N) is 1. The molecular formula is C17H23NO2. The summed E-state index contributed by atoms with van der Waals surface area (Å²) in [6.45, 7) is 8.17. The highest BCUT2D eigenvalue weighted by Crippen LogP contribution is 2.26. The molecule has 0 amide bonds. The number of rotatable bonds is 3. The van der Waals surface area contributed by atoms with Crippen LogP contribution >= 0.6 is 0 Å². The van der Waals surface area contributed by atoms with Crippen molar-refractivity contribution in [2.75, 3.05) is 13.1 Å². The second kappa shape index (κ2) is 6.71. The van der Waals surface area contributed by atoms with Gasteiger partial charge in [0, 0.05) is 13.1 Å². The Balaban J connectivity index is 1.86. The van der Waals surface area contributed by atoms with Crippen LogP contribution in [-0.2, 0) is 4.84 Å². The molecule has 0 bridgehead atoms. The molecule has 108 valence electrons. The van der Waals surface area contributed by atoms with Crippen molar-refractivity contribution in [3.05, 3.63) is 47.0 Å². The molecule has 1 heterocycles. The largest absolute Gasteiger partial charge is 0.364 e. The van der Waals surface area contributed by atoms with Gasteiger partial charge in [-0.1, -0.05) is 29.3 Å². The third kappa shape index (κ3) is 3.70. The number of carbonyl (C=O) groups excluding carboxylic acids is 1. The van der Waals surface area contributed by atoms with Gasteiger partial charge in [-0.25, -0.2) is 4.79 Å². The molecule has 0 atom stereocenters. The molecule has 1 aromatic carbocycles. The SMILES string of the molecule is CC(C)=C(C)C1CCN(OC(=O)c2ccccc2)CC1. The molecule has 0 spiro atoms. The first kappa shape index (κ1) is 14.8. The molecule has 1 aromatic rings. The lowest BCUT2D eigenvalue weighted by molar-refractivity contribution is -0.124. The minimum atomic E-state index is -0.261. The van der Waals surface area contributed by atoms with E-state index in [2.05, 4.69) is 20.8 Å². The molecule has 1 aliphatic rings. The number of hydrogen-bond donors (Lipinski definition) is 0. The fraction of sp³-hybridized carbons (Fsp3) is 0.471. The lowest BCUT2D eigenvalue weighted by atomic mass is 9.88. The van der Waals surface area contributed by atoms with E-state index in [1.54, 1.807) is 17.2 Å². The van der Waals surface area contributed by atoms with Gasteiger partial charge in [0.1, 0.15) is 0 Å². The summed E-state index contributed by atoms with van der Waals surface area (Å²) in [6, 6.07) is 9.15. The predicted octanol–water partition coefficient (Wildman–Crippen LogP) is 3.83. The van der Waals surface area contributed by atoms with Gasteiger partial charge in [0.2, 0.25) is 0 Å². The van der Waals surface area contributed by atoms with Gasteiger partial charge in [-0.15, -0.1) is 5.06 Å². The Kier molecular flexibility index (Phi) is 4.96.